The van der Waals surface area contributed by atoms with E-state index in [1.54, 1.807) is 0 Å². The number of halogens is 2. The van der Waals surface area contributed by atoms with E-state index in [2.05, 4.69) is 6.92 Å². The Morgan fingerprint density at radius 2 is 1.91 bits per heavy atom. The zero-order valence-electron chi connectivity index (χ0n) is 12.4. The van der Waals surface area contributed by atoms with Crippen LogP contribution in [0.4, 0.5) is 8.78 Å². The molecule has 5 nitrogen and oxygen atoms in total. The number of nitrogens with two attached hydrogens (primary N) is 1. The number of esters is 1. The van der Waals surface area contributed by atoms with Crippen molar-refractivity contribution in [3.63, 3.8) is 0 Å². The van der Waals surface area contributed by atoms with Crippen LogP contribution in [0.15, 0.2) is 12.1 Å². The number of primary amides is 1. The molecule has 0 spiro atoms. The third kappa shape index (κ3) is 5.31. The Bertz CT molecular complexity index is 535. The van der Waals surface area contributed by atoms with Gasteiger partial charge in [0.05, 0.1) is 6.61 Å². The van der Waals surface area contributed by atoms with Gasteiger partial charge in [0, 0.05) is 0 Å². The van der Waals surface area contributed by atoms with E-state index in [-0.39, 0.29) is 6.61 Å². The minimum Gasteiger partial charge on any atom is -0.479 e. The van der Waals surface area contributed by atoms with Crippen LogP contribution in [-0.2, 0) is 9.53 Å². The predicted molar refractivity (Wildman–Crippen MR) is 75.5 cm³/mol. The molecular formula is C15H19F2NO4. The Hall–Kier alpha value is -2.18. The van der Waals surface area contributed by atoms with Crippen molar-refractivity contribution in [1.82, 2.24) is 0 Å². The molecule has 0 atom stereocenters. The van der Waals surface area contributed by atoms with Crippen LogP contribution in [0.3, 0.4) is 0 Å². The number of rotatable bonds is 9. The summed E-state index contributed by atoms with van der Waals surface area (Å²) in [6.45, 7) is 1.80. The van der Waals surface area contributed by atoms with Gasteiger partial charge in [-0.15, -0.1) is 0 Å². The van der Waals surface area contributed by atoms with Gasteiger partial charge < -0.3 is 15.2 Å². The van der Waals surface area contributed by atoms with E-state index in [0.29, 0.717) is 0 Å². The lowest BCUT2D eigenvalue weighted by Crippen LogP contribution is -2.19. The Kier molecular flexibility index (Phi) is 7.28. The van der Waals surface area contributed by atoms with Crippen LogP contribution in [0.25, 0.3) is 0 Å². The van der Waals surface area contributed by atoms with Crippen LogP contribution in [-0.4, -0.2) is 25.1 Å². The lowest BCUT2D eigenvalue weighted by Gasteiger charge is -2.09. The molecule has 1 aromatic rings. The van der Waals surface area contributed by atoms with Crippen molar-refractivity contribution in [3.05, 3.63) is 29.3 Å². The summed E-state index contributed by atoms with van der Waals surface area (Å²) in [5, 5.41) is 0. The predicted octanol–water partition coefficient (Wildman–Crippen LogP) is 2.57. The second-order valence-corrected chi connectivity index (χ2v) is 4.67. The van der Waals surface area contributed by atoms with E-state index in [1.807, 2.05) is 0 Å². The molecule has 0 fully saturated rings. The number of unbranched alkanes of at least 4 members (excludes halogenated alkanes) is 3. The number of hydrogen-bond donors (Lipinski definition) is 1. The van der Waals surface area contributed by atoms with Crippen LogP contribution < -0.4 is 10.5 Å². The normalized spacial score (nSPS) is 10.3. The highest BCUT2D eigenvalue weighted by Crippen LogP contribution is 2.22. The number of hydrogen-bond acceptors (Lipinski definition) is 4. The highest BCUT2D eigenvalue weighted by molar-refractivity contribution is 5.93. The molecule has 1 rings (SSSR count). The molecule has 2 N–H and O–H groups in total. The highest BCUT2D eigenvalue weighted by Gasteiger charge is 2.19. The summed E-state index contributed by atoms with van der Waals surface area (Å²) in [6.07, 6.45) is 3.84. The molecule has 0 saturated heterocycles. The van der Waals surface area contributed by atoms with E-state index in [0.717, 1.165) is 37.8 Å². The fourth-order valence-corrected chi connectivity index (χ4v) is 1.76. The second kappa shape index (κ2) is 8.96. The first kappa shape index (κ1) is 17.9. The summed E-state index contributed by atoms with van der Waals surface area (Å²) in [7, 11) is 0. The standard InChI is InChI=1S/C15H19F2NO4/c1-2-3-4-5-8-21-12(19)9-22-11-7-6-10(16)13(14(11)17)15(18)20/h6-7H,2-5,8-9H2,1H3,(H2,18,20). The van der Waals surface area contributed by atoms with Gasteiger partial charge in [-0.1, -0.05) is 26.2 Å². The molecule has 1 aromatic carbocycles. The molecule has 0 aliphatic carbocycles. The molecule has 0 aliphatic rings. The molecular weight excluding hydrogens is 296 g/mol. The van der Waals surface area contributed by atoms with Crippen LogP contribution in [0.2, 0.25) is 0 Å². The summed E-state index contributed by atoms with van der Waals surface area (Å²) in [4.78, 5) is 22.4. The molecule has 122 valence electrons. The van der Waals surface area contributed by atoms with Crippen molar-refractivity contribution < 1.29 is 27.8 Å². The van der Waals surface area contributed by atoms with Crippen molar-refractivity contribution >= 4 is 11.9 Å². The smallest absolute Gasteiger partial charge is 0.344 e. The minimum atomic E-state index is -1.25. The van der Waals surface area contributed by atoms with Crippen molar-refractivity contribution in [2.45, 2.75) is 32.6 Å². The van der Waals surface area contributed by atoms with Crippen LogP contribution in [0.5, 0.6) is 5.75 Å². The summed E-state index contributed by atoms with van der Waals surface area (Å²) in [5.41, 5.74) is 3.98. The lowest BCUT2D eigenvalue weighted by molar-refractivity contribution is -0.146. The maximum Gasteiger partial charge on any atom is 0.344 e. The maximum atomic E-state index is 13.8. The molecule has 7 heteroatoms. The Morgan fingerprint density at radius 3 is 2.55 bits per heavy atom. The van der Waals surface area contributed by atoms with Crippen molar-refractivity contribution in [3.8, 4) is 5.75 Å². The van der Waals surface area contributed by atoms with Gasteiger partial charge in [-0.05, 0) is 18.6 Å². The molecule has 0 bridgehead atoms. The van der Waals surface area contributed by atoms with E-state index in [1.165, 1.54) is 0 Å². The van der Waals surface area contributed by atoms with Crippen LogP contribution in [0, 0.1) is 11.6 Å². The van der Waals surface area contributed by atoms with Gasteiger partial charge in [0.1, 0.15) is 11.4 Å². The number of amides is 1. The third-order valence-electron chi connectivity index (χ3n) is 2.91. The van der Waals surface area contributed by atoms with Gasteiger partial charge in [-0.2, -0.15) is 0 Å². The number of carbonyl (C=O) groups excluding carboxylic acids is 2. The van der Waals surface area contributed by atoms with Gasteiger partial charge in [0.2, 0.25) is 0 Å². The quantitative estimate of drug-likeness (QED) is 0.561. The molecule has 0 aliphatic heterocycles. The first-order valence-corrected chi connectivity index (χ1v) is 7.03. The fraction of sp³-hybridized carbons (Fsp3) is 0.467. The topological polar surface area (TPSA) is 78.6 Å². The van der Waals surface area contributed by atoms with Gasteiger partial charge in [-0.3, -0.25) is 4.79 Å². The zero-order valence-corrected chi connectivity index (χ0v) is 12.4. The lowest BCUT2D eigenvalue weighted by atomic mass is 10.1. The average molecular weight is 315 g/mol. The highest BCUT2D eigenvalue weighted by atomic mass is 19.1. The summed E-state index contributed by atoms with van der Waals surface area (Å²) >= 11 is 0. The molecule has 0 aromatic heterocycles. The Morgan fingerprint density at radius 1 is 1.18 bits per heavy atom. The first-order valence-electron chi connectivity index (χ1n) is 7.03. The SMILES string of the molecule is CCCCCCOC(=O)COc1ccc(F)c(C(N)=O)c1F. The minimum absolute atomic E-state index is 0.265. The molecule has 0 radical (unpaired) electrons. The van der Waals surface area contributed by atoms with Gasteiger partial charge in [0.25, 0.3) is 5.91 Å². The van der Waals surface area contributed by atoms with Crippen LogP contribution >= 0.6 is 0 Å². The summed E-state index contributed by atoms with van der Waals surface area (Å²) in [5.74, 6) is -4.67. The zero-order chi connectivity index (χ0) is 16.5. The Balaban J connectivity index is 2.49. The van der Waals surface area contributed by atoms with E-state index in [4.69, 9.17) is 15.2 Å². The van der Waals surface area contributed by atoms with E-state index >= 15 is 0 Å². The molecule has 1 amide bonds. The van der Waals surface area contributed by atoms with Gasteiger partial charge in [-0.25, -0.2) is 13.6 Å². The number of carbonyl (C=O) groups is 2. The first-order chi connectivity index (χ1) is 10.5. The average Bonchev–Trinajstić information content (AvgIpc) is 2.46. The fourth-order valence-electron chi connectivity index (χ4n) is 1.76. The number of benzene rings is 1. The van der Waals surface area contributed by atoms with Crippen LogP contribution in [0.1, 0.15) is 43.0 Å². The summed E-state index contributed by atoms with van der Waals surface area (Å²) < 4.78 is 36.9. The molecule has 0 saturated carbocycles. The van der Waals surface area contributed by atoms with Gasteiger partial charge >= 0.3 is 5.97 Å². The van der Waals surface area contributed by atoms with Crippen molar-refractivity contribution in [2.24, 2.45) is 5.73 Å². The van der Waals surface area contributed by atoms with Gasteiger partial charge in [0.15, 0.2) is 18.2 Å². The van der Waals surface area contributed by atoms with Crippen molar-refractivity contribution in [2.75, 3.05) is 13.2 Å². The maximum absolute atomic E-state index is 13.8. The Labute approximate surface area is 127 Å². The molecule has 0 unspecified atom stereocenters. The summed E-state index contributed by atoms with van der Waals surface area (Å²) in [6, 6.07) is 1.82. The second-order valence-electron chi connectivity index (χ2n) is 4.67. The third-order valence-corrected chi connectivity index (χ3v) is 2.91. The van der Waals surface area contributed by atoms with E-state index in [9.17, 15) is 18.4 Å². The molecule has 0 heterocycles. The van der Waals surface area contributed by atoms with Crippen molar-refractivity contribution in [1.29, 1.82) is 0 Å². The molecule has 22 heavy (non-hydrogen) atoms. The number of ether oxygens (including phenoxy) is 2. The monoisotopic (exact) mass is 315 g/mol. The largest absolute Gasteiger partial charge is 0.479 e. The van der Waals surface area contributed by atoms with E-state index < -0.39 is 41.4 Å².